The van der Waals surface area contributed by atoms with Crippen molar-refractivity contribution in [3.63, 3.8) is 0 Å². The Morgan fingerprint density at radius 1 is 1.07 bits per heavy atom. The average molecular weight is 416 g/mol. The zero-order valence-electron chi connectivity index (χ0n) is 18.2. The second-order valence-electron chi connectivity index (χ2n) is 7.68. The van der Waals surface area contributed by atoms with Crippen LogP contribution in [0, 0.1) is 6.92 Å². The summed E-state index contributed by atoms with van der Waals surface area (Å²) in [6, 6.07) is 14.4. The number of rotatable bonds is 12. The van der Waals surface area contributed by atoms with Gasteiger partial charge in [-0.1, -0.05) is 63.4 Å². The molecule has 0 aromatic heterocycles. The highest BCUT2D eigenvalue weighted by atomic mass is 32.2. The van der Waals surface area contributed by atoms with Crippen LogP contribution in [0.4, 0.5) is 0 Å². The Kier molecular flexibility index (Phi) is 9.05. The van der Waals surface area contributed by atoms with Gasteiger partial charge in [-0.2, -0.15) is 0 Å². The minimum Gasteiger partial charge on any atom is -0.493 e. The van der Waals surface area contributed by atoms with Crippen LogP contribution in [-0.2, 0) is 10.2 Å². The van der Waals surface area contributed by atoms with E-state index in [0.29, 0.717) is 12.3 Å². The lowest BCUT2D eigenvalue weighted by atomic mass is 9.77. The van der Waals surface area contributed by atoms with Crippen LogP contribution in [-0.4, -0.2) is 31.8 Å². The zero-order valence-corrected chi connectivity index (χ0v) is 19.0. The Morgan fingerprint density at radius 2 is 1.76 bits per heavy atom. The molecule has 0 spiro atoms. The number of unbranched alkanes of at least 4 members (excludes halogenated alkanes) is 1. The quantitative estimate of drug-likeness (QED) is 0.376. The summed E-state index contributed by atoms with van der Waals surface area (Å²) in [5, 5.41) is 0. The van der Waals surface area contributed by atoms with E-state index in [1.54, 1.807) is 0 Å². The molecule has 2 aromatic carbocycles. The normalized spacial score (nSPS) is 11.3. The molecule has 0 aliphatic heterocycles. The Hall–Kier alpha value is -1.98. The molecule has 0 fully saturated rings. The fourth-order valence-electron chi connectivity index (χ4n) is 3.03. The summed E-state index contributed by atoms with van der Waals surface area (Å²) in [5.74, 6) is 1.70. The van der Waals surface area contributed by atoms with Gasteiger partial charge in [-0.3, -0.25) is 9.52 Å². The lowest BCUT2D eigenvalue weighted by Gasteiger charge is -2.27. The van der Waals surface area contributed by atoms with Crippen molar-refractivity contribution < 1.29 is 14.3 Å². The van der Waals surface area contributed by atoms with Crippen molar-refractivity contribution in [3.8, 4) is 11.5 Å². The van der Waals surface area contributed by atoms with Crippen molar-refractivity contribution >= 4 is 17.7 Å². The Bertz CT molecular complexity index is 787. The van der Waals surface area contributed by atoms with E-state index in [1.807, 2.05) is 18.4 Å². The van der Waals surface area contributed by atoms with Gasteiger partial charge in [0.15, 0.2) is 5.78 Å². The van der Waals surface area contributed by atoms with Crippen LogP contribution in [0.3, 0.4) is 0 Å². The van der Waals surface area contributed by atoms with E-state index in [-0.39, 0.29) is 17.8 Å². The fourth-order valence-corrected chi connectivity index (χ4v) is 3.33. The molecule has 29 heavy (non-hydrogen) atoms. The fraction of sp³-hybridized carbons (Fsp3) is 0.458. The lowest BCUT2D eigenvalue weighted by molar-refractivity contribution is -0.119. The van der Waals surface area contributed by atoms with Gasteiger partial charge in [-0.05, 0) is 54.5 Å². The third kappa shape index (κ3) is 6.79. The number of carbonyl (C=O) groups excluding carboxylic acids is 1. The van der Waals surface area contributed by atoms with Crippen LogP contribution < -0.4 is 14.2 Å². The topological polar surface area (TPSA) is 47.6 Å². The molecule has 0 unspecified atom stereocenters. The average Bonchev–Trinajstić information content (AvgIpc) is 2.72. The summed E-state index contributed by atoms with van der Waals surface area (Å²) in [7, 11) is 0. The number of ether oxygens (including phenoxy) is 2. The smallest absolute Gasteiger partial charge is 0.184 e. The molecule has 4 nitrogen and oxygen atoms in total. The van der Waals surface area contributed by atoms with Gasteiger partial charge in [0.25, 0.3) is 0 Å². The van der Waals surface area contributed by atoms with E-state index in [4.69, 9.17) is 9.47 Å². The zero-order chi connectivity index (χ0) is 21.3. The monoisotopic (exact) mass is 415 g/mol. The van der Waals surface area contributed by atoms with Crippen molar-refractivity contribution in [1.29, 1.82) is 0 Å². The first-order valence-electron chi connectivity index (χ1n) is 10.1. The van der Waals surface area contributed by atoms with Crippen molar-refractivity contribution in [2.45, 2.75) is 46.0 Å². The molecular weight excluding hydrogens is 382 g/mol. The summed E-state index contributed by atoms with van der Waals surface area (Å²) >= 11 is 1.43. The largest absolute Gasteiger partial charge is 0.493 e. The number of carbonyl (C=O) groups is 1. The van der Waals surface area contributed by atoms with Crippen molar-refractivity contribution in [3.05, 3.63) is 59.2 Å². The summed E-state index contributed by atoms with van der Waals surface area (Å²) < 4.78 is 14.4. The van der Waals surface area contributed by atoms with Crippen molar-refractivity contribution in [1.82, 2.24) is 4.72 Å². The number of hydrogen-bond acceptors (Lipinski definition) is 5. The third-order valence-corrected chi connectivity index (χ3v) is 5.47. The highest BCUT2D eigenvalue weighted by molar-refractivity contribution is 7.96. The molecule has 5 heteroatoms. The summed E-state index contributed by atoms with van der Waals surface area (Å²) in [5.41, 5.74) is 3.44. The molecule has 0 bridgehead atoms. The Morgan fingerprint density at radius 3 is 2.38 bits per heavy atom. The first-order valence-corrected chi connectivity index (χ1v) is 11.4. The number of benzene rings is 2. The maximum Gasteiger partial charge on any atom is 0.184 e. The second kappa shape index (κ2) is 11.3. The van der Waals surface area contributed by atoms with Crippen LogP contribution in [0.15, 0.2) is 42.5 Å². The van der Waals surface area contributed by atoms with Gasteiger partial charge < -0.3 is 9.47 Å². The number of aryl methyl sites for hydroxylation is 1. The van der Waals surface area contributed by atoms with Gasteiger partial charge in [0.2, 0.25) is 0 Å². The van der Waals surface area contributed by atoms with E-state index in [1.165, 1.54) is 23.1 Å². The van der Waals surface area contributed by atoms with Crippen molar-refractivity contribution in [2.75, 3.05) is 26.0 Å². The molecule has 0 saturated carbocycles. The lowest BCUT2D eigenvalue weighted by Crippen LogP contribution is -2.22. The molecule has 1 N–H and O–H groups in total. The van der Waals surface area contributed by atoms with Gasteiger partial charge in [0, 0.05) is 5.41 Å². The number of nitrogens with one attached hydrogen (secondary N) is 1. The van der Waals surface area contributed by atoms with Gasteiger partial charge in [0.1, 0.15) is 18.1 Å². The predicted molar refractivity (Wildman–Crippen MR) is 122 cm³/mol. The molecule has 158 valence electrons. The van der Waals surface area contributed by atoms with E-state index in [2.05, 4.69) is 62.7 Å². The van der Waals surface area contributed by atoms with Crippen LogP contribution >= 0.6 is 11.9 Å². The minimum absolute atomic E-state index is 0.0282. The molecule has 0 amide bonds. The first kappa shape index (κ1) is 23.3. The molecule has 0 heterocycles. The second-order valence-corrected chi connectivity index (χ2v) is 8.38. The molecule has 0 aliphatic rings. The summed E-state index contributed by atoms with van der Waals surface area (Å²) in [6.45, 7) is 9.84. The van der Waals surface area contributed by atoms with E-state index in [0.717, 1.165) is 30.8 Å². The molecule has 2 rings (SSSR count). The highest BCUT2D eigenvalue weighted by Crippen LogP contribution is 2.34. The van der Waals surface area contributed by atoms with Crippen molar-refractivity contribution in [2.24, 2.45) is 0 Å². The van der Waals surface area contributed by atoms with Crippen LogP contribution in [0.2, 0.25) is 0 Å². The molecule has 2 aromatic rings. The number of ketones is 1. The minimum atomic E-state index is -0.149. The summed E-state index contributed by atoms with van der Waals surface area (Å²) in [4.78, 5) is 11.7. The summed E-state index contributed by atoms with van der Waals surface area (Å²) in [6.07, 6.45) is 4.09. The first-order chi connectivity index (χ1) is 13.9. The predicted octanol–water partition coefficient (Wildman–Crippen LogP) is 5.32. The standard InChI is InChI=1S/C24H33NO3S/c1-6-7-14-27-23-13-10-20(15-18(23)2)24(3,4)19-8-11-22(12-9-19)28-17-21(26)16-25-29-5/h8-13,15,25H,6-7,14,16-17H2,1-5H3. The van der Waals surface area contributed by atoms with Crippen LogP contribution in [0.5, 0.6) is 11.5 Å². The number of hydrogen-bond donors (Lipinski definition) is 1. The molecule has 0 radical (unpaired) electrons. The van der Waals surface area contributed by atoms with Gasteiger partial charge >= 0.3 is 0 Å². The molecular formula is C24H33NO3S. The molecule has 0 atom stereocenters. The molecule has 0 aliphatic carbocycles. The van der Waals surface area contributed by atoms with Gasteiger partial charge in [-0.25, -0.2) is 0 Å². The maximum absolute atomic E-state index is 11.7. The van der Waals surface area contributed by atoms with Crippen LogP contribution in [0.25, 0.3) is 0 Å². The van der Waals surface area contributed by atoms with E-state index >= 15 is 0 Å². The number of Topliss-reactive ketones (excluding diaryl/α,β-unsaturated/α-hetero) is 1. The third-order valence-electron chi connectivity index (χ3n) is 5.04. The van der Waals surface area contributed by atoms with Crippen LogP contribution in [0.1, 0.15) is 50.3 Å². The Labute approximate surface area is 179 Å². The van der Waals surface area contributed by atoms with E-state index in [9.17, 15) is 4.79 Å². The Balaban J connectivity index is 2.04. The van der Waals surface area contributed by atoms with Gasteiger partial charge in [0.05, 0.1) is 13.2 Å². The highest BCUT2D eigenvalue weighted by Gasteiger charge is 2.24. The van der Waals surface area contributed by atoms with Gasteiger partial charge in [-0.15, -0.1) is 0 Å². The SMILES string of the molecule is CCCCOc1ccc(C(C)(C)c2ccc(OCC(=O)CNSC)cc2)cc1C. The molecule has 0 saturated heterocycles. The van der Waals surface area contributed by atoms with E-state index < -0.39 is 0 Å². The maximum atomic E-state index is 11.7.